The van der Waals surface area contributed by atoms with Gasteiger partial charge in [-0.1, -0.05) is 13.8 Å². The van der Waals surface area contributed by atoms with Crippen molar-refractivity contribution in [2.75, 3.05) is 19.6 Å². The second-order valence-electron chi connectivity index (χ2n) is 4.80. The maximum absolute atomic E-state index is 11.8. The molecular weight excluding hydrogens is 176 g/mol. The Labute approximate surface area is 85.8 Å². The molecule has 0 radical (unpaired) electrons. The average molecular weight is 196 g/mol. The van der Waals surface area contributed by atoms with Gasteiger partial charge in [0.15, 0.2) is 0 Å². The molecule has 80 valence electrons. The summed E-state index contributed by atoms with van der Waals surface area (Å²) >= 11 is 0. The number of hydrogen-bond donors (Lipinski definition) is 1. The molecule has 14 heavy (non-hydrogen) atoms. The standard InChI is InChI=1S/C11H20N2O/c1-8-6-13(11(14)9(8)2)7-10-4-3-5-12-10/h8-10,12H,3-7H2,1-2H3. The maximum atomic E-state index is 11.8. The zero-order valence-corrected chi connectivity index (χ0v) is 9.12. The number of carbonyl (C=O) groups is 1. The van der Waals surface area contributed by atoms with Crippen molar-refractivity contribution in [3.63, 3.8) is 0 Å². The van der Waals surface area contributed by atoms with Crippen LogP contribution in [0.3, 0.4) is 0 Å². The summed E-state index contributed by atoms with van der Waals surface area (Å²) in [5, 5.41) is 3.44. The van der Waals surface area contributed by atoms with Crippen molar-refractivity contribution < 1.29 is 4.79 Å². The van der Waals surface area contributed by atoms with Gasteiger partial charge in [-0.05, 0) is 25.3 Å². The molecule has 3 nitrogen and oxygen atoms in total. The van der Waals surface area contributed by atoms with Gasteiger partial charge < -0.3 is 10.2 Å². The third-order valence-corrected chi connectivity index (χ3v) is 3.67. The van der Waals surface area contributed by atoms with Gasteiger partial charge >= 0.3 is 0 Å². The lowest BCUT2D eigenvalue weighted by atomic mass is 10.0. The van der Waals surface area contributed by atoms with Crippen LogP contribution in [0.25, 0.3) is 0 Å². The molecule has 1 amide bonds. The third kappa shape index (κ3) is 1.78. The Bertz CT molecular complexity index is 223. The lowest BCUT2D eigenvalue weighted by Crippen LogP contribution is -2.38. The lowest BCUT2D eigenvalue weighted by Gasteiger charge is -2.20. The predicted molar refractivity (Wildman–Crippen MR) is 55.9 cm³/mol. The molecule has 2 fully saturated rings. The van der Waals surface area contributed by atoms with Crippen molar-refractivity contribution >= 4 is 5.91 Å². The topological polar surface area (TPSA) is 32.3 Å². The quantitative estimate of drug-likeness (QED) is 0.710. The van der Waals surface area contributed by atoms with E-state index in [0.717, 1.165) is 19.6 Å². The molecule has 3 heteroatoms. The maximum Gasteiger partial charge on any atom is 0.225 e. The van der Waals surface area contributed by atoms with Crippen LogP contribution in [0, 0.1) is 11.8 Å². The second-order valence-corrected chi connectivity index (χ2v) is 4.80. The van der Waals surface area contributed by atoms with Crippen LogP contribution in [-0.4, -0.2) is 36.5 Å². The van der Waals surface area contributed by atoms with Gasteiger partial charge in [-0.25, -0.2) is 0 Å². The van der Waals surface area contributed by atoms with E-state index in [1.807, 2.05) is 4.90 Å². The van der Waals surface area contributed by atoms with E-state index in [2.05, 4.69) is 19.2 Å². The Morgan fingerprint density at radius 3 is 2.79 bits per heavy atom. The van der Waals surface area contributed by atoms with E-state index in [9.17, 15) is 4.79 Å². The molecule has 0 saturated carbocycles. The fourth-order valence-corrected chi connectivity index (χ4v) is 2.47. The fraction of sp³-hybridized carbons (Fsp3) is 0.909. The summed E-state index contributed by atoms with van der Waals surface area (Å²) < 4.78 is 0. The van der Waals surface area contributed by atoms with E-state index in [1.165, 1.54) is 12.8 Å². The first-order chi connectivity index (χ1) is 6.68. The minimum absolute atomic E-state index is 0.233. The highest BCUT2D eigenvalue weighted by Crippen LogP contribution is 2.24. The minimum Gasteiger partial charge on any atom is -0.341 e. The Balaban J connectivity index is 1.89. The Hall–Kier alpha value is -0.570. The molecule has 2 aliphatic rings. The van der Waals surface area contributed by atoms with Crippen molar-refractivity contribution in [1.29, 1.82) is 0 Å². The molecule has 2 heterocycles. The molecule has 3 unspecified atom stereocenters. The van der Waals surface area contributed by atoms with Gasteiger partial charge in [0, 0.05) is 25.0 Å². The van der Waals surface area contributed by atoms with E-state index in [0.29, 0.717) is 17.9 Å². The molecule has 0 aromatic rings. The summed E-state index contributed by atoms with van der Waals surface area (Å²) in [6, 6.07) is 0.552. The summed E-state index contributed by atoms with van der Waals surface area (Å²) in [7, 11) is 0. The van der Waals surface area contributed by atoms with Gasteiger partial charge in [-0.3, -0.25) is 4.79 Å². The van der Waals surface area contributed by atoms with Gasteiger partial charge in [0.25, 0.3) is 0 Å². The fourth-order valence-electron chi connectivity index (χ4n) is 2.47. The predicted octanol–water partition coefficient (Wildman–Crippen LogP) is 0.853. The molecule has 1 N–H and O–H groups in total. The number of rotatable bonds is 2. The van der Waals surface area contributed by atoms with Crippen LogP contribution >= 0.6 is 0 Å². The van der Waals surface area contributed by atoms with Crippen molar-refractivity contribution in [3.05, 3.63) is 0 Å². The molecule has 0 aromatic carbocycles. The first-order valence-corrected chi connectivity index (χ1v) is 5.70. The Kier molecular flexibility index (Phi) is 2.77. The molecule has 0 bridgehead atoms. The highest BCUT2D eigenvalue weighted by atomic mass is 16.2. The number of likely N-dealkylation sites (tertiary alicyclic amines) is 1. The van der Waals surface area contributed by atoms with E-state index in [-0.39, 0.29) is 5.92 Å². The Morgan fingerprint density at radius 2 is 2.29 bits per heavy atom. The van der Waals surface area contributed by atoms with Gasteiger partial charge in [0.05, 0.1) is 0 Å². The molecule has 2 saturated heterocycles. The van der Waals surface area contributed by atoms with E-state index < -0.39 is 0 Å². The number of nitrogens with one attached hydrogen (secondary N) is 1. The average Bonchev–Trinajstić information content (AvgIpc) is 2.73. The van der Waals surface area contributed by atoms with Crippen molar-refractivity contribution in [2.45, 2.75) is 32.7 Å². The highest BCUT2D eigenvalue weighted by Gasteiger charge is 2.35. The van der Waals surface area contributed by atoms with Crippen molar-refractivity contribution in [1.82, 2.24) is 10.2 Å². The number of nitrogens with zero attached hydrogens (tertiary/aromatic N) is 1. The molecular formula is C11H20N2O. The summed E-state index contributed by atoms with van der Waals surface area (Å²) in [4.78, 5) is 13.8. The van der Waals surface area contributed by atoms with Crippen LogP contribution in [-0.2, 0) is 4.79 Å². The van der Waals surface area contributed by atoms with Crippen molar-refractivity contribution in [2.24, 2.45) is 11.8 Å². The Morgan fingerprint density at radius 1 is 1.50 bits per heavy atom. The molecule has 3 atom stereocenters. The number of amides is 1. The number of hydrogen-bond acceptors (Lipinski definition) is 2. The second kappa shape index (κ2) is 3.89. The van der Waals surface area contributed by atoms with Crippen LogP contribution in [0.15, 0.2) is 0 Å². The highest BCUT2D eigenvalue weighted by molar-refractivity contribution is 5.81. The summed E-state index contributed by atoms with van der Waals surface area (Å²) in [5.41, 5.74) is 0. The molecule has 2 rings (SSSR count). The largest absolute Gasteiger partial charge is 0.341 e. The normalized spacial score (nSPS) is 38.3. The van der Waals surface area contributed by atoms with Gasteiger partial charge in [0.1, 0.15) is 0 Å². The molecule has 0 aliphatic carbocycles. The SMILES string of the molecule is CC1CN(CC2CCCN2)C(=O)C1C. The first-order valence-electron chi connectivity index (χ1n) is 5.70. The van der Waals surface area contributed by atoms with Crippen LogP contribution in [0.2, 0.25) is 0 Å². The van der Waals surface area contributed by atoms with E-state index in [4.69, 9.17) is 0 Å². The van der Waals surface area contributed by atoms with Crippen molar-refractivity contribution in [3.8, 4) is 0 Å². The zero-order chi connectivity index (χ0) is 10.1. The summed E-state index contributed by atoms with van der Waals surface area (Å²) in [6.07, 6.45) is 2.49. The summed E-state index contributed by atoms with van der Waals surface area (Å²) in [6.45, 7) is 7.23. The van der Waals surface area contributed by atoms with Crippen LogP contribution in [0.5, 0.6) is 0 Å². The van der Waals surface area contributed by atoms with E-state index >= 15 is 0 Å². The zero-order valence-electron chi connectivity index (χ0n) is 9.12. The third-order valence-electron chi connectivity index (χ3n) is 3.67. The van der Waals surface area contributed by atoms with Crippen LogP contribution < -0.4 is 5.32 Å². The van der Waals surface area contributed by atoms with Crippen LogP contribution in [0.1, 0.15) is 26.7 Å². The first kappa shape index (κ1) is 9.97. The van der Waals surface area contributed by atoms with Gasteiger partial charge in [-0.15, -0.1) is 0 Å². The smallest absolute Gasteiger partial charge is 0.225 e. The molecule has 0 spiro atoms. The van der Waals surface area contributed by atoms with Gasteiger partial charge in [0.2, 0.25) is 5.91 Å². The summed E-state index contributed by atoms with van der Waals surface area (Å²) in [5.74, 6) is 1.12. The number of carbonyl (C=O) groups excluding carboxylic acids is 1. The molecule has 0 aromatic heterocycles. The molecule has 2 aliphatic heterocycles. The van der Waals surface area contributed by atoms with Gasteiger partial charge in [-0.2, -0.15) is 0 Å². The van der Waals surface area contributed by atoms with Crippen LogP contribution in [0.4, 0.5) is 0 Å². The lowest BCUT2D eigenvalue weighted by molar-refractivity contribution is -0.130. The monoisotopic (exact) mass is 196 g/mol. The minimum atomic E-state index is 0.233. The van der Waals surface area contributed by atoms with E-state index in [1.54, 1.807) is 0 Å².